The van der Waals surface area contributed by atoms with E-state index < -0.39 is 16.1 Å². The van der Waals surface area contributed by atoms with Crippen LogP contribution in [0.1, 0.15) is 32.3 Å². The van der Waals surface area contributed by atoms with Crippen LogP contribution < -0.4 is 11.1 Å². The van der Waals surface area contributed by atoms with E-state index in [9.17, 15) is 19.6 Å². The number of amides is 1. The van der Waals surface area contributed by atoms with Gasteiger partial charge in [-0.3, -0.25) is 14.4 Å². The van der Waals surface area contributed by atoms with Gasteiger partial charge < -0.3 is 11.1 Å². The monoisotopic (exact) mass is 445 g/mol. The first-order chi connectivity index (χ1) is 13.6. The molecule has 0 radical (unpaired) electrons. The van der Waals surface area contributed by atoms with Crippen molar-refractivity contribution < 1.29 is 14.4 Å². The first-order valence-electron chi connectivity index (χ1n) is 8.78. The van der Waals surface area contributed by atoms with Crippen molar-refractivity contribution in [3.8, 4) is 6.07 Å². The summed E-state index contributed by atoms with van der Waals surface area (Å²) in [6.07, 6.45) is 0.462. The summed E-state index contributed by atoms with van der Waals surface area (Å²) in [7, 11) is 0. The highest BCUT2D eigenvalue weighted by Crippen LogP contribution is 2.61. The summed E-state index contributed by atoms with van der Waals surface area (Å²) in [4.78, 5) is 38.7. The lowest BCUT2D eigenvalue weighted by molar-refractivity contribution is -0.127. The van der Waals surface area contributed by atoms with Gasteiger partial charge in [-0.05, 0) is 23.6 Å². The minimum Gasteiger partial charge on any atom is -0.392 e. The van der Waals surface area contributed by atoms with Gasteiger partial charge in [-0.2, -0.15) is 5.26 Å². The van der Waals surface area contributed by atoms with Crippen molar-refractivity contribution in [1.82, 2.24) is 0 Å². The van der Waals surface area contributed by atoms with Crippen molar-refractivity contribution in [2.24, 2.45) is 11.1 Å². The fraction of sp³-hybridized carbons (Fsp3) is 0.300. The van der Waals surface area contributed by atoms with Crippen LogP contribution in [0.2, 0.25) is 5.02 Å². The van der Waals surface area contributed by atoms with Crippen LogP contribution in [0, 0.1) is 16.7 Å². The van der Waals surface area contributed by atoms with Crippen molar-refractivity contribution in [3.63, 3.8) is 0 Å². The number of benzene rings is 1. The lowest BCUT2D eigenvalue weighted by Gasteiger charge is -2.35. The van der Waals surface area contributed by atoms with Gasteiger partial charge in [0.1, 0.15) is 0 Å². The largest absolute Gasteiger partial charge is 0.392 e. The predicted octanol–water partition coefficient (Wildman–Crippen LogP) is 3.83. The number of anilines is 1. The molecule has 1 unspecified atom stereocenters. The van der Waals surface area contributed by atoms with Crippen molar-refractivity contribution in [3.05, 3.63) is 49.2 Å². The van der Waals surface area contributed by atoms with Crippen LogP contribution >= 0.6 is 35.1 Å². The highest BCUT2D eigenvalue weighted by atomic mass is 35.5. The minimum atomic E-state index is -1.49. The maximum atomic E-state index is 13.1. The standard InChI is InChI=1S/C20H16ClN3O3S2/c1-19(2)6-13(25)15(14(26)7-19)17-28-16(23)11(8-22)20(29-17)10-5-9(21)3-4-12(10)24-18(20)27/h3-5H,6-7,23H2,1-2H3,(H,24,27). The number of carbonyl (C=O) groups excluding carboxylic acids is 3. The van der Waals surface area contributed by atoms with Crippen LogP contribution in [0.15, 0.2) is 38.6 Å². The first kappa shape index (κ1) is 20.1. The van der Waals surface area contributed by atoms with E-state index in [0.717, 1.165) is 23.5 Å². The molecule has 1 saturated carbocycles. The summed E-state index contributed by atoms with van der Waals surface area (Å²) >= 11 is 8.18. The first-order valence-corrected chi connectivity index (χ1v) is 10.8. The molecule has 6 nitrogen and oxygen atoms in total. The molecule has 0 saturated heterocycles. The molecule has 1 aromatic carbocycles. The SMILES string of the molecule is CC1(C)CC(=O)C(=C2SC(N)=C(C#N)C3(S2)C(=O)Nc2ccc(Cl)cc23)C(=O)C1. The molecule has 2 aliphatic heterocycles. The lowest BCUT2D eigenvalue weighted by Crippen LogP contribution is -2.37. The van der Waals surface area contributed by atoms with E-state index in [1.807, 2.05) is 13.8 Å². The van der Waals surface area contributed by atoms with Crippen LogP contribution in [0.3, 0.4) is 0 Å². The Hall–Kier alpha value is -2.21. The van der Waals surface area contributed by atoms with E-state index in [4.69, 9.17) is 17.3 Å². The number of hydrogen-bond donors (Lipinski definition) is 2. The number of carbonyl (C=O) groups is 3. The number of halogens is 1. The molecule has 2 heterocycles. The fourth-order valence-corrected chi connectivity index (χ4v) is 7.03. The van der Waals surface area contributed by atoms with Crippen LogP contribution in [0.25, 0.3) is 0 Å². The number of nitrogens with one attached hydrogen (secondary N) is 1. The summed E-state index contributed by atoms with van der Waals surface area (Å²) in [6, 6.07) is 6.95. The number of allylic oxidation sites excluding steroid dienone is 1. The molecular formula is C20H16ClN3O3S2. The van der Waals surface area contributed by atoms with E-state index in [2.05, 4.69) is 11.4 Å². The van der Waals surface area contributed by atoms with Crippen LogP contribution in [-0.2, 0) is 19.1 Å². The molecule has 1 fully saturated rings. The number of rotatable bonds is 0. The van der Waals surface area contributed by atoms with Gasteiger partial charge in [0, 0.05) is 29.1 Å². The van der Waals surface area contributed by atoms with E-state index in [0.29, 0.717) is 20.5 Å². The zero-order chi connectivity index (χ0) is 21.1. The van der Waals surface area contributed by atoms with E-state index >= 15 is 0 Å². The topological polar surface area (TPSA) is 113 Å². The van der Waals surface area contributed by atoms with E-state index in [1.54, 1.807) is 18.2 Å². The van der Waals surface area contributed by atoms with Gasteiger partial charge in [0.2, 0.25) is 0 Å². The second kappa shape index (κ2) is 6.66. The average molecular weight is 446 g/mol. The molecule has 0 bridgehead atoms. The molecule has 3 N–H and O–H groups in total. The highest BCUT2D eigenvalue weighted by molar-refractivity contribution is 8.25. The van der Waals surface area contributed by atoms with Gasteiger partial charge >= 0.3 is 0 Å². The maximum absolute atomic E-state index is 13.1. The number of thioether (sulfide) groups is 2. The second-order valence-corrected chi connectivity index (χ2v) is 10.9. The van der Waals surface area contributed by atoms with Gasteiger partial charge in [-0.15, -0.1) is 0 Å². The molecule has 3 aliphatic rings. The van der Waals surface area contributed by atoms with Gasteiger partial charge in [-0.25, -0.2) is 0 Å². The number of nitrogens with zero attached hydrogens (tertiary/aromatic N) is 1. The molecule has 1 amide bonds. The van der Waals surface area contributed by atoms with E-state index in [1.165, 1.54) is 0 Å². The third-order valence-electron chi connectivity index (χ3n) is 5.13. The Kier molecular flexibility index (Phi) is 4.61. The Morgan fingerprint density at radius 2 is 1.86 bits per heavy atom. The molecule has 9 heteroatoms. The molecule has 148 valence electrons. The molecular weight excluding hydrogens is 430 g/mol. The van der Waals surface area contributed by atoms with Gasteiger partial charge in [0.05, 0.1) is 26.5 Å². The van der Waals surface area contributed by atoms with Crippen molar-refractivity contribution >= 4 is 58.3 Å². The number of Topliss-reactive ketones (excluding diaryl/α,β-unsaturated/α-hetero) is 2. The molecule has 1 aliphatic carbocycles. The minimum absolute atomic E-state index is 0.0712. The van der Waals surface area contributed by atoms with Crippen molar-refractivity contribution in [2.75, 3.05) is 5.32 Å². The summed E-state index contributed by atoms with van der Waals surface area (Å²) < 4.78 is -1.13. The molecule has 0 aromatic heterocycles. The van der Waals surface area contributed by atoms with Crippen molar-refractivity contribution in [2.45, 2.75) is 31.4 Å². The Morgan fingerprint density at radius 3 is 2.48 bits per heavy atom. The van der Waals surface area contributed by atoms with Crippen LogP contribution in [0.4, 0.5) is 5.69 Å². The lowest BCUT2D eigenvalue weighted by atomic mass is 9.74. The maximum Gasteiger partial charge on any atom is 0.251 e. The fourth-order valence-electron chi connectivity index (χ4n) is 3.86. The van der Waals surface area contributed by atoms with Gasteiger partial charge in [0.15, 0.2) is 16.3 Å². The molecule has 1 spiro atoms. The Bertz CT molecular complexity index is 1090. The Morgan fingerprint density at radius 1 is 1.21 bits per heavy atom. The van der Waals surface area contributed by atoms with Crippen LogP contribution in [-0.4, -0.2) is 17.5 Å². The Balaban J connectivity index is 1.94. The summed E-state index contributed by atoms with van der Waals surface area (Å²) in [5, 5.41) is 13.1. The van der Waals surface area contributed by atoms with E-state index in [-0.39, 0.29) is 40.6 Å². The number of hydrogen-bond acceptors (Lipinski definition) is 7. The smallest absolute Gasteiger partial charge is 0.251 e. The molecule has 1 aromatic rings. The Labute approximate surface area is 180 Å². The molecule has 1 atom stereocenters. The predicted molar refractivity (Wildman–Crippen MR) is 114 cm³/mol. The normalized spacial score (nSPS) is 25.9. The number of nitrogens with two attached hydrogens (primary N) is 1. The third-order valence-corrected chi connectivity index (χ3v) is 7.98. The quantitative estimate of drug-likeness (QED) is 0.460. The summed E-state index contributed by atoms with van der Waals surface area (Å²) in [5.74, 6) is -0.989. The third kappa shape index (κ3) is 3.00. The zero-order valence-corrected chi connectivity index (χ0v) is 18.0. The number of ketones is 2. The second-order valence-electron chi connectivity index (χ2n) is 7.91. The summed E-state index contributed by atoms with van der Waals surface area (Å²) in [6.45, 7) is 3.75. The summed E-state index contributed by atoms with van der Waals surface area (Å²) in [5.41, 5.74) is 6.93. The highest BCUT2D eigenvalue weighted by Gasteiger charge is 2.56. The van der Waals surface area contributed by atoms with Gasteiger partial charge in [-0.1, -0.05) is 49.0 Å². The van der Waals surface area contributed by atoms with Crippen molar-refractivity contribution in [1.29, 1.82) is 5.26 Å². The zero-order valence-electron chi connectivity index (χ0n) is 15.6. The number of fused-ring (bicyclic) bond motifs is 2. The molecule has 29 heavy (non-hydrogen) atoms. The van der Waals surface area contributed by atoms with Gasteiger partial charge in [0.25, 0.3) is 5.91 Å². The average Bonchev–Trinajstić information content (AvgIpc) is 2.85. The molecule has 4 rings (SSSR count). The number of nitriles is 1. The van der Waals surface area contributed by atoms with Crippen LogP contribution in [0.5, 0.6) is 0 Å².